The van der Waals surface area contributed by atoms with E-state index in [0.717, 1.165) is 30.2 Å². The van der Waals surface area contributed by atoms with Gasteiger partial charge in [0, 0.05) is 26.3 Å². The summed E-state index contributed by atoms with van der Waals surface area (Å²) >= 11 is 0. The van der Waals surface area contributed by atoms with Gasteiger partial charge in [0.25, 0.3) is 5.91 Å². The van der Waals surface area contributed by atoms with Gasteiger partial charge in [-0.1, -0.05) is 12.1 Å². The maximum atomic E-state index is 12.9. The van der Waals surface area contributed by atoms with Crippen molar-refractivity contribution >= 4 is 11.7 Å². The normalized spacial score (nSPS) is 14.2. The Kier molecular flexibility index (Phi) is 6.07. The number of carbonyl (C=O) groups excluding carboxylic acids is 1. The van der Waals surface area contributed by atoms with E-state index in [0.29, 0.717) is 31.9 Å². The highest BCUT2D eigenvalue weighted by atomic mass is 16.5. The highest BCUT2D eigenvalue weighted by Gasteiger charge is 2.22. The molecular weight excluding hydrogens is 330 g/mol. The minimum Gasteiger partial charge on any atom is -0.492 e. The van der Waals surface area contributed by atoms with Crippen molar-refractivity contribution in [1.29, 1.82) is 0 Å². The van der Waals surface area contributed by atoms with Gasteiger partial charge >= 0.3 is 0 Å². The largest absolute Gasteiger partial charge is 0.492 e. The van der Waals surface area contributed by atoms with Crippen molar-refractivity contribution in [3.63, 3.8) is 0 Å². The van der Waals surface area contributed by atoms with E-state index in [-0.39, 0.29) is 5.91 Å². The molecule has 138 valence electrons. The molecular formula is C20H25N3O3. The van der Waals surface area contributed by atoms with Gasteiger partial charge in [-0.05, 0) is 36.8 Å². The van der Waals surface area contributed by atoms with Crippen molar-refractivity contribution in [2.75, 3.05) is 51.4 Å². The Morgan fingerprint density at radius 1 is 1.27 bits per heavy atom. The lowest BCUT2D eigenvalue weighted by molar-refractivity contribution is 0.0772. The summed E-state index contributed by atoms with van der Waals surface area (Å²) in [5, 5.41) is 0. The lowest BCUT2D eigenvalue weighted by atomic mass is 10.2. The number of carbonyl (C=O) groups is 1. The topological polar surface area (TPSA) is 54.9 Å². The fraction of sp³-hybridized carbons (Fsp3) is 0.400. The molecule has 0 radical (unpaired) electrons. The monoisotopic (exact) mass is 355 g/mol. The molecule has 1 fully saturated rings. The number of morpholine rings is 1. The second-order valence-corrected chi connectivity index (χ2v) is 6.37. The summed E-state index contributed by atoms with van der Waals surface area (Å²) in [6.07, 6.45) is 1.72. The van der Waals surface area contributed by atoms with Crippen molar-refractivity contribution in [1.82, 2.24) is 9.88 Å². The van der Waals surface area contributed by atoms with Gasteiger partial charge in [-0.15, -0.1) is 0 Å². The number of amides is 1. The molecule has 0 atom stereocenters. The van der Waals surface area contributed by atoms with Gasteiger partial charge in [-0.3, -0.25) is 4.79 Å². The average molecular weight is 355 g/mol. The number of anilines is 1. The lowest BCUT2D eigenvalue weighted by Gasteiger charge is -2.29. The maximum absolute atomic E-state index is 12.9. The molecule has 3 rings (SSSR count). The van der Waals surface area contributed by atoms with Crippen LogP contribution in [-0.2, 0) is 4.74 Å². The second kappa shape index (κ2) is 8.67. The first kappa shape index (κ1) is 18.2. The molecule has 1 amide bonds. The summed E-state index contributed by atoms with van der Waals surface area (Å²) < 4.78 is 11.1. The molecule has 1 saturated heterocycles. The number of hydrogen-bond donors (Lipinski definition) is 0. The minimum atomic E-state index is -0.0487. The molecule has 6 heteroatoms. The summed E-state index contributed by atoms with van der Waals surface area (Å²) in [5.74, 6) is 1.50. The first-order chi connectivity index (χ1) is 12.6. The Hall–Kier alpha value is -2.60. The molecule has 0 unspecified atom stereocenters. The molecule has 26 heavy (non-hydrogen) atoms. The predicted octanol–water partition coefficient (Wildman–Crippen LogP) is 2.38. The van der Waals surface area contributed by atoms with Crippen LogP contribution in [0.4, 0.5) is 5.82 Å². The third kappa shape index (κ3) is 4.52. The number of aryl methyl sites for hydroxylation is 1. The zero-order valence-electron chi connectivity index (χ0n) is 15.4. The van der Waals surface area contributed by atoms with Crippen LogP contribution in [0.15, 0.2) is 42.6 Å². The van der Waals surface area contributed by atoms with Gasteiger partial charge in [-0.2, -0.15) is 0 Å². The third-order valence-electron chi connectivity index (χ3n) is 4.36. The molecule has 1 aliphatic heterocycles. The molecule has 2 heterocycles. The fourth-order valence-electron chi connectivity index (χ4n) is 2.90. The molecule has 0 aliphatic carbocycles. The van der Waals surface area contributed by atoms with E-state index < -0.39 is 0 Å². The van der Waals surface area contributed by atoms with Gasteiger partial charge < -0.3 is 19.3 Å². The standard InChI is InChI=1S/C20H25N3O3/c1-16-5-3-6-17(15-16)26-14-9-22(2)20(24)18-7-4-8-21-19(18)23-10-12-25-13-11-23/h3-8,15H,9-14H2,1-2H3. The van der Waals surface area contributed by atoms with E-state index in [1.165, 1.54) is 0 Å². The Bertz CT molecular complexity index is 745. The Morgan fingerprint density at radius 2 is 2.08 bits per heavy atom. The van der Waals surface area contributed by atoms with Crippen LogP contribution in [0.1, 0.15) is 15.9 Å². The SMILES string of the molecule is Cc1cccc(OCCN(C)C(=O)c2cccnc2N2CCOCC2)c1. The van der Waals surface area contributed by atoms with Crippen molar-refractivity contribution in [2.45, 2.75) is 6.92 Å². The van der Waals surface area contributed by atoms with E-state index in [1.54, 1.807) is 24.2 Å². The van der Waals surface area contributed by atoms with E-state index >= 15 is 0 Å². The van der Waals surface area contributed by atoms with E-state index in [4.69, 9.17) is 9.47 Å². The number of ether oxygens (including phenoxy) is 2. The average Bonchev–Trinajstić information content (AvgIpc) is 2.68. The van der Waals surface area contributed by atoms with Crippen LogP contribution in [0, 0.1) is 6.92 Å². The summed E-state index contributed by atoms with van der Waals surface area (Å²) in [4.78, 5) is 21.1. The van der Waals surface area contributed by atoms with Gasteiger partial charge in [0.1, 0.15) is 18.2 Å². The Morgan fingerprint density at radius 3 is 2.85 bits per heavy atom. The quantitative estimate of drug-likeness (QED) is 0.796. The first-order valence-electron chi connectivity index (χ1n) is 8.88. The molecule has 6 nitrogen and oxygen atoms in total. The van der Waals surface area contributed by atoms with Gasteiger partial charge in [0.2, 0.25) is 0 Å². The summed E-state index contributed by atoms with van der Waals surface area (Å²) in [6.45, 7) is 5.78. The van der Waals surface area contributed by atoms with Crippen LogP contribution in [-0.4, -0.2) is 62.3 Å². The van der Waals surface area contributed by atoms with E-state index in [9.17, 15) is 4.79 Å². The van der Waals surface area contributed by atoms with Crippen molar-refractivity contribution in [3.8, 4) is 5.75 Å². The summed E-state index contributed by atoms with van der Waals surface area (Å²) in [5.41, 5.74) is 1.77. The molecule has 0 saturated carbocycles. The third-order valence-corrected chi connectivity index (χ3v) is 4.36. The summed E-state index contributed by atoms with van der Waals surface area (Å²) in [6, 6.07) is 11.5. The van der Waals surface area contributed by atoms with E-state index in [1.807, 2.05) is 37.3 Å². The minimum absolute atomic E-state index is 0.0487. The number of rotatable bonds is 6. The van der Waals surface area contributed by atoms with Crippen molar-refractivity contribution in [2.24, 2.45) is 0 Å². The van der Waals surface area contributed by atoms with Crippen LogP contribution in [0.25, 0.3) is 0 Å². The Balaban J connectivity index is 1.61. The van der Waals surface area contributed by atoms with Crippen LogP contribution in [0.5, 0.6) is 5.75 Å². The second-order valence-electron chi connectivity index (χ2n) is 6.37. The van der Waals surface area contributed by atoms with Crippen LogP contribution in [0.3, 0.4) is 0 Å². The van der Waals surface area contributed by atoms with Crippen molar-refractivity contribution in [3.05, 3.63) is 53.7 Å². The van der Waals surface area contributed by atoms with Crippen molar-refractivity contribution < 1.29 is 14.3 Å². The number of likely N-dealkylation sites (N-methyl/N-ethyl adjacent to an activating group) is 1. The maximum Gasteiger partial charge on any atom is 0.257 e. The summed E-state index contributed by atoms with van der Waals surface area (Å²) in [7, 11) is 1.79. The number of aromatic nitrogens is 1. The van der Waals surface area contributed by atoms with Crippen LogP contribution in [0.2, 0.25) is 0 Å². The molecule has 0 N–H and O–H groups in total. The highest BCUT2D eigenvalue weighted by molar-refractivity contribution is 5.98. The molecule has 2 aromatic rings. The highest BCUT2D eigenvalue weighted by Crippen LogP contribution is 2.20. The number of nitrogens with zero attached hydrogens (tertiary/aromatic N) is 3. The van der Waals surface area contributed by atoms with Gasteiger partial charge in [-0.25, -0.2) is 4.98 Å². The zero-order chi connectivity index (χ0) is 18.4. The molecule has 1 aliphatic rings. The van der Waals surface area contributed by atoms with Gasteiger partial charge in [0.05, 0.1) is 25.3 Å². The number of benzene rings is 1. The smallest absolute Gasteiger partial charge is 0.257 e. The molecule has 0 spiro atoms. The predicted molar refractivity (Wildman–Crippen MR) is 101 cm³/mol. The molecule has 1 aromatic heterocycles. The van der Waals surface area contributed by atoms with Crippen LogP contribution >= 0.6 is 0 Å². The number of hydrogen-bond acceptors (Lipinski definition) is 5. The first-order valence-corrected chi connectivity index (χ1v) is 8.88. The lowest BCUT2D eigenvalue weighted by Crippen LogP contribution is -2.39. The molecule has 0 bridgehead atoms. The van der Waals surface area contributed by atoms with E-state index in [2.05, 4.69) is 9.88 Å². The van der Waals surface area contributed by atoms with Gasteiger partial charge in [0.15, 0.2) is 0 Å². The molecule has 1 aromatic carbocycles. The Labute approximate surface area is 154 Å². The number of pyridine rings is 1. The van der Waals surface area contributed by atoms with Crippen LogP contribution < -0.4 is 9.64 Å². The fourth-order valence-corrected chi connectivity index (χ4v) is 2.90. The zero-order valence-corrected chi connectivity index (χ0v) is 15.4.